The number of rotatable bonds is 5. The fraction of sp³-hybridized carbons (Fsp3) is 0.105. The molecule has 4 rings (SSSR count). The summed E-state index contributed by atoms with van der Waals surface area (Å²) < 4.78 is 35.6. The molecule has 0 spiro atoms. The molecule has 4 aromatic rings. The van der Waals surface area contributed by atoms with Gasteiger partial charge in [-0.3, -0.25) is 14.3 Å². The molecule has 32 heavy (non-hydrogen) atoms. The summed E-state index contributed by atoms with van der Waals surface area (Å²) in [6, 6.07) is 10.3. The lowest BCUT2D eigenvalue weighted by molar-refractivity contribution is 0.102. The largest absolute Gasteiger partial charge is 0.439 e. The lowest BCUT2D eigenvalue weighted by Gasteiger charge is -2.11. The maximum Gasteiger partial charge on any atom is 0.439 e. The van der Waals surface area contributed by atoms with E-state index in [4.69, 9.17) is 9.78 Å². The Morgan fingerprint density at radius 3 is 2.59 bits per heavy atom. The van der Waals surface area contributed by atoms with Crippen molar-refractivity contribution in [3.8, 4) is 17.5 Å². The highest BCUT2D eigenvalue weighted by Gasteiger charge is 2.23. The minimum absolute atomic E-state index is 0.00627. The van der Waals surface area contributed by atoms with Crippen molar-refractivity contribution in [2.45, 2.75) is 4.90 Å². The van der Waals surface area contributed by atoms with Gasteiger partial charge in [0.15, 0.2) is 17.1 Å². The standard InChI is InChI=1S/C19H14N6O6S/c1-25(2)32(28,29)11-4-6-15-13(8-11)16(23-30-15)18(26)21-14-5-3-10(9-20)7-12(14)17-22-19(27)31-24-17/h3-8H,1-2H3,(H,21,26)(H,22,24,27). The van der Waals surface area contributed by atoms with E-state index in [0.717, 1.165) is 4.31 Å². The van der Waals surface area contributed by atoms with Crippen molar-refractivity contribution in [1.29, 1.82) is 5.26 Å². The highest BCUT2D eigenvalue weighted by Crippen LogP contribution is 2.28. The Hall–Kier alpha value is -4.28. The fourth-order valence-electron chi connectivity index (χ4n) is 2.90. The van der Waals surface area contributed by atoms with Crippen LogP contribution in [-0.4, -0.2) is 48.0 Å². The quantitative estimate of drug-likeness (QED) is 0.453. The van der Waals surface area contributed by atoms with Gasteiger partial charge in [0.05, 0.1) is 27.6 Å². The highest BCUT2D eigenvalue weighted by molar-refractivity contribution is 7.89. The Morgan fingerprint density at radius 1 is 1.16 bits per heavy atom. The van der Waals surface area contributed by atoms with Crippen LogP contribution in [0.4, 0.5) is 5.69 Å². The summed E-state index contributed by atoms with van der Waals surface area (Å²) >= 11 is 0. The molecule has 0 aliphatic carbocycles. The molecule has 13 heteroatoms. The number of fused-ring (bicyclic) bond motifs is 1. The molecule has 2 aromatic heterocycles. The minimum atomic E-state index is -3.75. The van der Waals surface area contributed by atoms with E-state index in [9.17, 15) is 18.0 Å². The van der Waals surface area contributed by atoms with Crippen LogP contribution in [-0.2, 0) is 10.0 Å². The minimum Gasteiger partial charge on any atom is -0.355 e. The van der Waals surface area contributed by atoms with Crippen LogP contribution in [0.25, 0.3) is 22.4 Å². The van der Waals surface area contributed by atoms with Crippen molar-refractivity contribution in [2.24, 2.45) is 0 Å². The van der Waals surface area contributed by atoms with Gasteiger partial charge in [0.2, 0.25) is 10.0 Å². The van der Waals surface area contributed by atoms with Gasteiger partial charge in [-0.05, 0) is 36.4 Å². The number of hydrogen-bond acceptors (Lipinski definition) is 9. The number of anilines is 1. The van der Waals surface area contributed by atoms with E-state index >= 15 is 0 Å². The van der Waals surface area contributed by atoms with Gasteiger partial charge in [0.25, 0.3) is 5.91 Å². The number of hydrogen-bond donors (Lipinski definition) is 2. The zero-order chi connectivity index (χ0) is 23.0. The number of nitriles is 1. The molecule has 0 bridgehead atoms. The zero-order valence-electron chi connectivity index (χ0n) is 16.6. The molecule has 12 nitrogen and oxygen atoms in total. The van der Waals surface area contributed by atoms with Crippen LogP contribution >= 0.6 is 0 Å². The Bertz CT molecular complexity index is 1560. The Morgan fingerprint density at radius 2 is 1.94 bits per heavy atom. The van der Waals surface area contributed by atoms with E-state index in [2.05, 4.69) is 25.1 Å². The number of sulfonamides is 1. The lowest BCUT2D eigenvalue weighted by Crippen LogP contribution is -2.22. The third kappa shape index (κ3) is 3.64. The monoisotopic (exact) mass is 454 g/mol. The summed E-state index contributed by atoms with van der Waals surface area (Å²) in [4.78, 5) is 26.6. The van der Waals surface area contributed by atoms with Gasteiger partial charge in [-0.1, -0.05) is 10.3 Å². The van der Waals surface area contributed by atoms with Gasteiger partial charge in [0.1, 0.15) is 0 Å². The number of carbonyl (C=O) groups excluding carboxylic acids is 1. The van der Waals surface area contributed by atoms with E-state index in [1.54, 1.807) is 0 Å². The first-order valence-corrected chi connectivity index (χ1v) is 10.4. The number of nitrogens with one attached hydrogen (secondary N) is 2. The molecule has 0 aliphatic heterocycles. The third-order valence-electron chi connectivity index (χ3n) is 4.53. The molecule has 0 atom stereocenters. The van der Waals surface area contributed by atoms with Gasteiger partial charge in [-0.15, -0.1) is 0 Å². The van der Waals surface area contributed by atoms with Gasteiger partial charge in [0, 0.05) is 19.7 Å². The summed E-state index contributed by atoms with van der Waals surface area (Å²) in [6.07, 6.45) is 0. The first-order chi connectivity index (χ1) is 15.2. The van der Waals surface area contributed by atoms with Crippen LogP contribution in [0.3, 0.4) is 0 Å². The van der Waals surface area contributed by atoms with Gasteiger partial charge < -0.3 is 9.84 Å². The highest BCUT2D eigenvalue weighted by atomic mass is 32.2. The van der Waals surface area contributed by atoms with Crippen LogP contribution in [0.5, 0.6) is 0 Å². The molecular formula is C19H14N6O6S. The molecule has 2 heterocycles. The van der Waals surface area contributed by atoms with Crippen LogP contribution in [0.2, 0.25) is 0 Å². The molecule has 2 N–H and O–H groups in total. The van der Waals surface area contributed by atoms with Crippen molar-refractivity contribution >= 4 is 32.6 Å². The van der Waals surface area contributed by atoms with E-state index in [1.165, 1.54) is 50.5 Å². The summed E-state index contributed by atoms with van der Waals surface area (Å²) in [5, 5.41) is 19.3. The molecule has 0 aliphatic rings. The molecule has 162 valence electrons. The number of aromatic amines is 1. The van der Waals surface area contributed by atoms with E-state index in [0.29, 0.717) is 0 Å². The number of carbonyl (C=O) groups is 1. The zero-order valence-corrected chi connectivity index (χ0v) is 17.4. The van der Waals surface area contributed by atoms with Crippen LogP contribution in [0, 0.1) is 11.3 Å². The summed E-state index contributed by atoms with van der Waals surface area (Å²) in [5.74, 6) is -1.51. The number of benzene rings is 2. The second-order valence-corrected chi connectivity index (χ2v) is 8.90. The summed E-state index contributed by atoms with van der Waals surface area (Å²) in [6.45, 7) is 0. The second-order valence-electron chi connectivity index (χ2n) is 6.75. The summed E-state index contributed by atoms with van der Waals surface area (Å²) in [5.41, 5.74) is 0.750. The molecular weight excluding hydrogens is 440 g/mol. The van der Waals surface area contributed by atoms with Gasteiger partial charge in [-0.2, -0.15) is 5.26 Å². The van der Waals surface area contributed by atoms with E-state index in [1.807, 2.05) is 6.07 Å². The number of aromatic nitrogens is 3. The lowest BCUT2D eigenvalue weighted by atomic mass is 10.1. The van der Waals surface area contributed by atoms with E-state index in [-0.39, 0.29) is 44.2 Å². The second kappa shape index (κ2) is 7.76. The predicted octanol–water partition coefficient (Wildman–Crippen LogP) is 1.55. The predicted molar refractivity (Wildman–Crippen MR) is 110 cm³/mol. The average molecular weight is 454 g/mol. The molecule has 0 unspecified atom stereocenters. The third-order valence-corrected chi connectivity index (χ3v) is 6.34. The average Bonchev–Trinajstić information content (AvgIpc) is 3.39. The van der Waals surface area contributed by atoms with Crippen molar-refractivity contribution in [2.75, 3.05) is 19.4 Å². The maximum absolute atomic E-state index is 13.0. The fourth-order valence-corrected chi connectivity index (χ4v) is 3.83. The van der Waals surface area contributed by atoms with Crippen LogP contribution in [0.1, 0.15) is 16.1 Å². The maximum atomic E-state index is 13.0. The Labute approximate surface area is 180 Å². The topological polar surface area (TPSA) is 175 Å². The number of nitrogens with zero attached hydrogens (tertiary/aromatic N) is 4. The van der Waals surface area contributed by atoms with Crippen molar-refractivity contribution < 1.29 is 22.3 Å². The molecule has 0 radical (unpaired) electrons. The molecule has 2 aromatic carbocycles. The first-order valence-electron chi connectivity index (χ1n) is 8.94. The normalized spacial score (nSPS) is 11.6. The molecule has 1 amide bonds. The van der Waals surface area contributed by atoms with Crippen LogP contribution in [0.15, 0.2) is 55.1 Å². The van der Waals surface area contributed by atoms with E-state index < -0.39 is 21.7 Å². The summed E-state index contributed by atoms with van der Waals surface area (Å²) in [7, 11) is -0.966. The number of amides is 1. The van der Waals surface area contributed by atoms with Crippen molar-refractivity contribution in [1.82, 2.24) is 19.6 Å². The Balaban J connectivity index is 1.75. The van der Waals surface area contributed by atoms with Crippen molar-refractivity contribution in [3.05, 3.63) is 58.2 Å². The SMILES string of the molecule is CN(C)S(=O)(=O)c1ccc2onc(C(=O)Nc3ccc(C#N)cc3-c3noc(=O)[nH]3)c2c1. The molecule has 0 saturated heterocycles. The number of H-pyrrole nitrogens is 1. The Kier molecular flexibility index (Phi) is 5.09. The molecule has 0 fully saturated rings. The smallest absolute Gasteiger partial charge is 0.355 e. The van der Waals surface area contributed by atoms with Crippen LogP contribution < -0.4 is 11.1 Å². The van der Waals surface area contributed by atoms with Crippen molar-refractivity contribution in [3.63, 3.8) is 0 Å². The van der Waals surface area contributed by atoms with Gasteiger partial charge in [-0.25, -0.2) is 17.5 Å². The molecule has 0 saturated carbocycles. The van der Waals surface area contributed by atoms with Gasteiger partial charge >= 0.3 is 5.76 Å². The first kappa shape index (κ1) is 21.0.